The standard InChI is InChI=1S/C26H32N2O5/c1-16(14-24(29)28-18(3)17(2)25(30)31)12-13-27-26(32)33-15-23-21-10-6-4-8-19(21)20-9-5-7-11-22(20)23/h4-11,16-18,23H,12-15H2,1-3H3,(H,27,32)(H,28,29)(H,30,31). The smallest absolute Gasteiger partial charge is 0.407 e. The van der Waals surface area contributed by atoms with Crippen LogP contribution < -0.4 is 10.6 Å². The van der Waals surface area contributed by atoms with Crippen LogP contribution in [0.25, 0.3) is 11.1 Å². The molecular formula is C26H32N2O5. The van der Waals surface area contributed by atoms with Crippen LogP contribution in [0.3, 0.4) is 0 Å². The molecule has 1 aliphatic rings. The number of carboxylic acids is 1. The first-order valence-corrected chi connectivity index (χ1v) is 11.4. The van der Waals surface area contributed by atoms with Crippen molar-refractivity contribution >= 4 is 18.0 Å². The number of hydrogen-bond acceptors (Lipinski definition) is 4. The van der Waals surface area contributed by atoms with E-state index in [1.54, 1.807) is 13.8 Å². The van der Waals surface area contributed by atoms with E-state index in [1.807, 2.05) is 31.2 Å². The molecule has 2 amide bonds. The van der Waals surface area contributed by atoms with Gasteiger partial charge in [0.25, 0.3) is 0 Å². The highest BCUT2D eigenvalue weighted by atomic mass is 16.5. The minimum absolute atomic E-state index is 0.0148. The zero-order valence-electron chi connectivity index (χ0n) is 19.3. The highest BCUT2D eigenvalue weighted by Crippen LogP contribution is 2.44. The summed E-state index contributed by atoms with van der Waals surface area (Å²) in [6.07, 6.45) is 0.404. The molecule has 0 saturated carbocycles. The summed E-state index contributed by atoms with van der Waals surface area (Å²) in [5.41, 5.74) is 4.69. The first kappa shape index (κ1) is 24.3. The summed E-state index contributed by atoms with van der Waals surface area (Å²) in [5, 5.41) is 14.5. The number of benzene rings is 2. The third-order valence-corrected chi connectivity index (χ3v) is 6.31. The lowest BCUT2D eigenvalue weighted by Crippen LogP contribution is -2.40. The van der Waals surface area contributed by atoms with Gasteiger partial charge in [0.1, 0.15) is 6.61 Å². The zero-order chi connectivity index (χ0) is 24.0. The van der Waals surface area contributed by atoms with E-state index in [4.69, 9.17) is 9.84 Å². The minimum atomic E-state index is -0.942. The molecule has 3 N–H and O–H groups in total. The number of amides is 2. The van der Waals surface area contributed by atoms with Gasteiger partial charge in [-0.3, -0.25) is 9.59 Å². The lowest BCUT2D eigenvalue weighted by atomic mass is 9.98. The number of fused-ring (bicyclic) bond motifs is 3. The number of rotatable bonds is 10. The molecule has 0 heterocycles. The van der Waals surface area contributed by atoms with E-state index in [2.05, 4.69) is 34.9 Å². The van der Waals surface area contributed by atoms with Crippen molar-refractivity contribution in [2.24, 2.45) is 11.8 Å². The van der Waals surface area contributed by atoms with Crippen molar-refractivity contribution in [3.8, 4) is 11.1 Å². The van der Waals surface area contributed by atoms with Crippen LogP contribution >= 0.6 is 0 Å². The molecule has 1 aliphatic carbocycles. The fourth-order valence-electron chi connectivity index (χ4n) is 4.14. The number of hydrogen-bond donors (Lipinski definition) is 3. The monoisotopic (exact) mass is 452 g/mol. The molecule has 3 rings (SSSR count). The average molecular weight is 453 g/mol. The second kappa shape index (κ2) is 11.0. The van der Waals surface area contributed by atoms with E-state index in [0.717, 1.165) is 11.1 Å². The lowest BCUT2D eigenvalue weighted by Gasteiger charge is -2.19. The first-order valence-electron chi connectivity index (χ1n) is 11.4. The molecule has 0 aromatic heterocycles. The van der Waals surface area contributed by atoms with Gasteiger partial charge in [0.05, 0.1) is 5.92 Å². The average Bonchev–Trinajstić information content (AvgIpc) is 3.10. The second-order valence-corrected chi connectivity index (χ2v) is 8.83. The Bertz CT molecular complexity index is 960. The fraction of sp³-hybridized carbons (Fsp3) is 0.423. The normalized spacial score (nSPS) is 15.0. The molecule has 3 unspecified atom stereocenters. The quantitative estimate of drug-likeness (QED) is 0.502. The van der Waals surface area contributed by atoms with Crippen molar-refractivity contribution in [2.45, 2.75) is 45.6 Å². The molecule has 3 atom stereocenters. The van der Waals surface area contributed by atoms with Gasteiger partial charge in [-0.25, -0.2) is 4.79 Å². The highest BCUT2D eigenvalue weighted by Gasteiger charge is 2.29. The van der Waals surface area contributed by atoms with E-state index in [0.29, 0.717) is 13.0 Å². The largest absolute Gasteiger partial charge is 0.481 e. The SMILES string of the molecule is CC(CCNC(=O)OCC1c2ccccc2-c2ccccc21)CC(=O)NC(C)C(C)C(=O)O. The second-order valence-electron chi connectivity index (χ2n) is 8.83. The summed E-state index contributed by atoms with van der Waals surface area (Å²) in [6, 6.07) is 15.9. The Morgan fingerprint density at radius 1 is 0.970 bits per heavy atom. The van der Waals surface area contributed by atoms with Crippen molar-refractivity contribution in [3.05, 3.63) is 59.7 Å². The fourth-order valence-corrected chi connectivity index (χ4v) is 4.14. The van der Waals surface area contributed by atoms with Gasteiger partial charge in [-0.2, -0.15) is 0 Å². The molecule has 0 aliphatic heterocycles. The predicted octanol–water partition coefficient (Wildman–Crippen LogP) is 4.17. The Morgan fingerprint density at radius 3 is 2.12 bits per heavy atom. The predicted molar refractivity (Wildman–Crippen MR) is 126 cm³/mol. The van der Waals surface area contributed by atoms with Crippen LogP contribution in [-0.4, -0.2) is 42.3 Å². The van der Waals surface area contributed by atoms with Gasteiger partial charge in [0.2, 0.25) is 5.91 Å². The van der Waals surface area contributed by atoms with Crippen LogP contribution in [0.2, 0.25) is 0 Å². The maximum Gasteiger partial charge on any atom is 0.407 e. The molecule has 0 fully saturated rings. The molecule has 0 radical (unpaired) electrons. The number of ether oxygens (including phenoxy) is 1. The Labute approximate surface area is 194 Å². The van der Waals surface area contributed by atoms with Gasteiger partial charge >= 0.3 is 12.1 Å². The third kappa shape index (κ3) is 6.12. The molecule has 33 heavy (non-hydrogen) atoms. The van der Waals surface area contributed by atoms with Crippen LogP contribution in [0.4, 0.5) is 4.79 Å². The summed E-state index contributed by atoms with van der Waals surface area (Å²) in [7, 11) is 0. The van der Waals surface area contributed by atoms with E-state index < -0.39 is 24.0 Å². The van der Waals surface area contributed by atoms with E-state index in [-0.39, 0.29) is 30.8 Å². The van der Waals surface area contributed by atoms with Gasteiger partial charge in [-0.15, -0.1) is 0 Å². The third-order valence-electron chi connectivity index (χ3n) is 6.31. The summed E-state index contributed by atoms with van der Waals surface area (Å²) in [4.78, 5) is 35.4. The van der Waals surface area contributed by atoms with Gasteiger partial charge in [0, 0.05) is 24.9 Å². The Balaban J connectivity index is 1.41. The van der Waals surface area contributed by atoms with Crippen LogP contribution in [0.1, 0.15) is 50.7 Å². The molecule has 0 saturated heterocycles. The Morgan fingerprint density at radius 2 is 1.55 bits per heavy atom. The van der Waals surface area contributed by atoms with Crippen LogP contribution in [0.5, 0.6) is 0 Å². The molecule has 0 spiro atoms. The van der Waals surface area contributed by atoms with Gasteiger partial charge < -0.3 is 20.5 Å². The summed E-state index contributed by atoms with van der Waals surface area (Å²) >= 11 is 0. The molecular weight excluding hydrogens is 420 g/mol. The minimum Gasteiger partial charge on any atom is -0.481 e. The van der Waals surface area contributed by atoms with E-state index in [9.17, 15) is 14.4 Å². The van der Waals surface area contributed by atoms with Crippen molar-refractivity contribution in [1.29, 1.82) is 0 Å². The van der Waals surface area contributed by atoms with Crippen molar-refractivity contribution in [2.75, 3.05) is 13.2 Å². The molecule has 0 bridgehead atoms. The number of carbonyl (C=O) groups excluding carboxylic acids is 2. The topological polar surface area (TPSA) is 105 Å². The lowest BCUT2D eigenvalue weighted by molar-refractivity contribution is -0.142. The Hall–Kier alpha value is -3.35. The molecule has 7 heteroatoms. The van der Waals surface area contributed by atoms with Crippen molar-refractivity contribution in [1.82, 2.24) is 10.6 Å². The number of alkyl carbamates (subject to hydrolysis) is 1. The van der Waals surface area contributed by atoms with Gasteiger partial charge in [-0.05, 0) is 48.4 Å². The number of nitrogens with one attached hydrogen (secondary N) is 2. The molecule has 7 nitrogen and oxygen atoms in total. The van der Waals surface area contributed by atoms with Crippen LogP contribution in [-0.2, 0) is 14.3 Å². The number of aliphatic carboxylic acids is 1. The van der Waals surface area contributed by atoms with Gasteiger partial charge in [0.15, 0.2) is 0 Å². The molecule has 2 aromatic rings. The summed E-state index contributed by atoms with van der Waals surface area (Å²) in [6.45, 7) is 5.82. The van der Waals surface area contributed by atoms with E-state index >= 15 is 0 Å². The number of carbonyl (C=O) groups is 3. The van der Waals surface area contributed by atoms with Crippen molar-refractivity contribution < 1.29 is 24.2 Å². The number of carboxylic acid groups (broad SMARTS) is 1. The van der Waals surface area contributed by atoms with E-state index in [1.165, 1.54) is 11.1 Å². The molecule has 176 valence electrons. The van der Waals surface area contributed by atoms with Crippen molar-refractivity contribution in [3.63, 3.8) is 0 Å². The highest BCUT2D eigenvalue weighted by molar-refractivity contribution is 5.79. The van der Waals surface area contributed by atoms with Gasteiger partial charge in [-0.1, -0.05) is 55.5 Å². The van der Waals surface area contributed by atoms with Crippen LogP contribution in [0.15, 0.2) is 48.5 Å². The summed E-state index contributed by atoms with van der Waals surface area (Å²) < 4.78 is 5.52. The Kier molecular flexibility index (Phi) is 8.09. The summed E-state index contributed by atoms with van der Waals surface area (Å²) in [5.74, 6) is -1.74. The molecule has 2 aromatic carbocycles. The maximum atomic E-state index is 12.2. The maximum absolute atomic E-state index is 12.2. The van der Waals surface area contributed by atoms with Crippen LogP contribution in [0, 0.1) is 11.8 Å². The first-order chi connectivity index (χ1) is 15.8. The zero-order valence-corrected chi connectivity index (χ0v) is 19.3.